The number of benzene rings is 1. The van der Waals surface area contributed by atoms with Crippen LogP contribution in [0.3, 0.4) is 0 Å². The Balaban J connectivity index is 2.72. The Bertz CT molecular complexity index is 524. The van der Waals surface area contributed by atoms with E-state index in [4.69, 9.17) is 4.74 Å². The van der Waals surface area contributed by atoms with Crippen LogP contribution in [-0.4, -0.2) is 32.6 Å². The fraction of sp³-hybridized carbons (Fsp3) is 0.600. The molecule has 0 aliphatic carbocycles. The molecule has 0 heterocycles. The van der Waals surface area contributed by atoms with Gasteiger partial charge in [-0.05, 0) is 12.5 Å². The first kappa shape index (κ1) is 17.0. The molecule has 20 heavy (non-hydrogen) atoms. The molecule has 0 fully saturated rings. The maximum absolute atomic E-state index is 11.5. The predicted molar refractivity (Wildman–Crippen MR) is 83.0 cm³/mol. The van der Waals surface area contributed by atoms with Gasteiger partial charge >= 0.3 is 0 Å². The quantitative estimate of drug-likeness (QED) is 0.800. The number of rotatable bonds is 8. The van der Waals surface area contributed by atoms with E-state index in [0.29, 0.717) is 6.04 Å². The molecule has 0 aliphatic rings. The Morgan fingerprint density at radius 2 is 2.00 bits per heavy atom. The molecule has 0 aromatic heterocycles. The van der Waals surface area contributed by atoms with Crippen LogP contribution >= 0.6 is 0 Å². The van der Waals surface area contributed by atoms with Gasteiger partial charge in [0, 0.05) is 23.9 Å². The summed E-state index contributed by atoms with van der Waals surface area (Å²) in [4.78, 5) is 0. The zero-order chi connectivity index (χ0) is 15.2. The first-order valence-electron chi connectivity index (χ1n) is 7.01. The summed E-state index contributed by atoms with van der Waals surface area (Å²) in [6.45, 7) is 8.73. The van der Waals surface area contributed by atoms with Crippen molar-refractivity contribution in [3.63, 3.8) is 0 Å². The summed E-state index contributed by atoms with van der Waals surface area (Å²) in [5.74, 6) is 1.02. The number of para-hydroxylation sites is 1. The van der Waals surface area contributed by atoms with Crippen molar-refractivity contribution in [1.82, 2.24) is 5.32 Å². The summed E-state index contributed by atoms with van der Waals surface area (Å²) >= 11 is 0. The van der Waals surface area contributed by atoms with Gasteiger partial charge in [0.15, 0.2) is 9.84 Å². The van der Waals surface area contributed by atoms with Gasteiger partial charge in [0.1, 0.15) is 12.4 Å². The molecule has 0 atom stereocenters. The minimum atomic E-state index is -2.98. The number of hydrogen-bond acceptors (Lipinski definition) is 4. The van der Waals surface area contributed by atoms with Crippen LogP contribution in [0.25, 0.3) is 0 Å². The van der Waals surface area contributed by atoms with Gasteiger partial charge in [-0.2, -0.15) is 0 Å². The molecule has 0 bridgehead atoms. The highest BCUT2D eigenvalue weighted by Gasteiger charge is 2.11. The van der Waals surface area contributed by atoms with E-state index in [1.54, 1.807) is 6.92 Å². The molecular weight excluding hydrogens is 274 g/mol. The second-order valence-electron chi connectivity index (χ2n) is 5.18. The maximum atomic E-state index is 11.5. The first-order valence-corrected chi connectivity index (χ1v) is 8.83. The highest BCUT2D eigenvalue weighted by Crippen LogP contribution is 2.23. The molecule has 1 aromatic carbocycles. The molecule has 5 heteroatoms. The van der Waals surface area contributed by atoms with Crippen molar-refractivity contribution in [2.24, 2.45) is 0 Å². The molecule has 1 rings (SSSR count). The third-order valence-corrected chi connectivity index (χ3v) is 4.74. The van der Waals surface area contributed by atoms with Crippen LogP contribution in [0.2, 0.25) is 0 Å². The molecule has 0 spiro atoms. The number of sulfone groups is 1. The third-order valence-electron chi connectivity index (χ3n) is 3.07. The molecule has 0 amide bonds. The summed E-state index contributed by atoms with van der Waals surface area (Å²) in [5, 5.41) is 3.35. The van der Waals surface area contributed by atoms with E-state index in [2.05, 4.69) is 19.2 Å². The Morgan fingerprint density at radius 1 is 1.30 bits per heavy atom. The van der Waals surface area contributed by atoms with Crippen molar-refractivity contribution in [2.75, 3.05) is 18.1 Å². The lowest BCUT2D eigenvalue weighted by Crippen LogP contribution is -2.23. The monoisotopic (exact) mass is 299 g/mol. The molecule has 0 saturated carbocycles. The average Bonchev–Trinajstić information content (AvgIpc) is 2.38. The molecule has 0 aliphatic heterocycles. The second kappa shape index (κ2) is 7.64. The highest BCUT2D eigenvalue weighted by atomic mass is 32.2. The lowest BCUT2D eigenvalue weighted by molar-refractivity contribution is 0.333. The van der Waals surface area contributed by atoms with Crippen LogP contribution < -0.4 is 10.1 Å². The van der Waals surface area contributed by atoms with Crippen LogP contribution in [0, 0.1) is 6.92 Å². The zero-order valence-corrected chi connectivity index (χ0v) is 13.6. The van der Waals surface area contributed by atoms with E-state index < -0.39 is 9.84 Å². The van der Waals surface area contributed by atoms with Crippen molar-refractivity contribution >= 4 is 9.84 Å². The Labute approximate surface area is 122 Å². The van der Waals surface area contributed by atoms with Crippen LogP contribution in [0.15, 0.2) is 18.2 Å². The predicted octanol–water partition coefficient (Wildman–Crippen LogP) is 2.31. The Morgan fingerprint density at radius 3 is 2.60 bits per heavy atom. The molecular formula is C15H25NO3S. The standard InChI is InChI=1S/C15H25NO3S/c1-5-20(17,18)10-9-19-15-13(4)7-6-8-14(15)11-16-12(2)3/h6-8,12,16H,5,9-11H2,1-4H3. The fourth-order valence-corrected chi connectivity index (χ4v) is 2.41. The normalized spacial score (nSPS) is 11.8. The van der Waals surface area contributed by atoms with Gasteiger partial charge in [-0.25, -0.2) is 8.42 Å². The number of aryl methyl sites for hydroxylation is 1. The summed E-state index contributed by atoms with van der Waals surface area (Å²) in [6.07, 6.45) is 0. The van der Waals surface area contributed by atoms with Crippen molar-refractivity contribution in [3.05, 3.63) is 29.3 Å². The minimum absolute atomic E-state index is 0.0644. The Kier molecular flexibility index (Phi) is 6.49. The van der Waals surface area contributed by atoms with Crippen molar-refractivity contribution < 1.29 is 13.2 Å². The SMILES string of the molecule is CCS(=O)(=O)CCOc1c(C)cccc1CNC(C)C. The van der Waals surface area contributed by atoms with Crippen molar-refractivity contribution in [2.45, 2.75) is 40.3 Å². The third kappa shape index (κ3) is 5.51. The molecule has 0 saturated heterocycles. The van der Waals surface area contributed by atoms with Gasteiger partial charge in [-0.1, -0.05) is 39.0 Å². The number of hydrogen-bond donors (Lipinski definition) is 1. The average molecular weight is 299 g/mol. The molecule has 0 radical (unpaired) electrons. The van der Waals surface area contributed by atoms with Crippen LogP contribution in [0.5, 0.6) is 5.75 Å². The summed E-state index contributed by atoms with van der Waals surface area (Å²) < 4.78 is 28.7. The first-order chi connectivity index (χ1) is 9.35. The fourth-order valence-electron chi connectivity index (χ4n) is 1.79. The van der Waals surface area contributed by atoms with Crippen LogP contribution in [0.1, 0.15) is 31.9 Å². The molecule has 1 aromatic rings. The topological polar surface area (TPSA) is 55.4 Å². The van der Waals surface area contributed by atoms with Gasteiger partial charge < -0.3 is 10.1 Å². The van der Waals surface area contributed by atoms with E-state index >= 15 is 0 Å². The van der Waals surface area contributed by atoms with E-state index in [-0.39, 0.29) is 18.1 Å². The lowest BCUT2D eigenvalue weighted by atomic mass is 10.1. The van der Waals surface area contributed by atoms with Gasteiger partial charge in [0.25, 0.3) is 0 Å². The van der Waals surface area contributed by atoms with Crippen LogP contribution in [0.4, 0.5) is 0 Å². The smallest absolute Gasteiger partial charge is 0.153 e. The summed E-state index contributed by atoms with van der Waals surface area (Å²) in [7, 11) is -2.98. The highest BCUT2D eigenvalue weighted by molar-refractivity contribution is 7.91. The molecule has 1 N–H and O–H groups in total. The largest absolute Gasteiger partial charge is 0.492 e. The molecule has 114 valence electrons. The maximum Gasteiger partial charge on any atom is 0.153 e. The Hall–Kier alpha value is -1.07. The summed E-state index contributed by atoms with van der Waals surface area (Å²) in [6, 6.07) is 6.36. The summed E-state index contributed by atoms with van der Waals surface area (Å²) in [5.41, 5.74) is 2.09. The van der Waals surface area contributed by atoms with Gasteiger partial charge in [-0.15, -0.1) is 0 Å². The van der Waals surface area contributed by atoms with E-state index in [1.807, 2.05) is 25.1 Å². The number of ether oxygens (including phenoxy) is 1. The number of nitrogens with one attached hydrogen (secondary N) is 1. The molecule has 0 unspecified atom stereocenters. The van der Waals surface area contributed by atoms with Crippen molar-refractivity contribution in [3.8, 4) is 5.75 Å². The van der Waals surface area contributed by atoms with Gasteiger partial charge in [0.2, 0.25) is 0 Å². The minimum Gasteiger partial charge on any atom is -0.492 e. The zero-order valence-electron chi connectivity index (χ0n) is 12.8. The van der Waals surface area contributed by atoms with E-state index in [0.717, 1.165) is 23.4 Å². The van der Waals surface area contributed by atoms with Crippen molar-refractivity contribution in [1.29, 1.82) is 0 Å². The van der Waals surface area contributed by atoms with Gasteiger partial charge in [-0.3, -0.25) is 0 Å². The second-order valence-corrected chi connectivity index (χ2v) is 7.66. The lowest BCUT2D eigenvalue weighted by Gasteiger charge is -2.16. The molecule has 4 nitrogen and oxygen atoms in total. The van der Waals surface area contributed by atoms with Gasteiger partial charge in [0.05, 0.1) is 5.75 Å². The van der Waals surface area contributed by atoms with Crippen LogP contribution in [-0.2, 0) is 16.4 Å². The van der Waals surface area contributed by atoms with E-state index in [1.165, 1.54) is 0 Å². The van der Waals surface area contributed by atoms with E-state index in [9.17, 15) is 8.42 Å².